The zero-order valence-corrected chi connectivity index (χ0v) is 14.9. The van der Waals surface area contributed by atoms with Crippen molar-refractivity contribution in [2.45, 2.75) is 19.3 Å². The first kappa shape index (κ1) is 17.2. The predicted octanol–water partition coefficient (Wildman–Crippen LogP) is 3.82. The molecule has 4 rings (SSSR count). The van der Waals surface area contributed by atoms with Gasteiger partial charge in [0.1, 0.15) is 5.82 Å². The zero-order chi connectivity index (χ0) is 18.8. The summed E-state index contributed by atoms with van der Waals surface area (Å²) in [5.74, 6) is 0.235. The van der Waals surface area contributed by atoms with Crippen LogP contribution >= 0.6 is 0 Å². The lowest BCUT2D eigenvalue weighted by Gasteiger charge is -2.24. The monoisotopic (exact) mass is 366 g/mol. The molecule has 7 heteroatoms. The standard InChI is InChI=1S/C20H19FN4O2/c1-27-20-23-18(14-7-3-8-15(21)11-14)25(24-20)17-10-4-9-16(12-17)22-19(26)13-5-2-6-13/h3-4,7-13H,2,5-6H2,1H3,(H,22,26). The smallest absolute Gasteiger partial charge is 0.336 e. The average Bonchev–Trinajstić information content (AvgIpc) is 3.05. The molecule has 1 amide bonds. The fraction of sp³-hybridized carbons (Fsp3) is 0.250. The number of ether oxygens (including phenoxy) is 1. The highest BCUT2D eigenvalue weighted by molar-refractivity contribution is 5.93. The van der Waals surface area contributed by atoms with E-state index in [0.717, 1.165) is 19.3 Å². The lowest BCUT2D eigenvalue weighted by Crippen LogP contribution is -2.28. The van der Waals surface area contributed by atoms with Crippen LogP contribution in [0.15, 0.2) is 48.5 Å². The maximum atomic E-state index is 13.7. The Bertz CT molecular complexity index is 982. The number of aromatic nitrogens is 3. The number of carbonyl (C=O) groups is 1. The molecule has 0 radical (unpaired) electrons. The van der Waals surface area contributed by atoms with Gasteiger partial charge in [0.05, 0.1) is 12.8 Å². The molecule has 0 atom stereocenters. The number of carbonyl (C=O) groups excluding carboxylic acids is 1. The normalized spacial score (nSPS) is 13.9. The molecule has 0 unspecified atom stereocenters. The summed E-state index contributed by atoms with van der Waals surface area (Å²) in [5, 5.41) is 7.29. The molecule has 1 aromatic heterocycles. The molecule has 27 heavy (non-hydrogen) atoms. The van der Waals surface area contributed by atoms with Crippen LogP contribution in [0.3, 0.4) is 0 Å². The Hall–Kier alpha value is -3.22. The number of methoxy groups -OCH3 is 1. The molecule has 1 N–H and O–H groups in total. The molecule has 1 aliphatic carbocycles. The van der Waals surface area contributed by atoms with Crippen molar-refractivity contribution in [1.29, 1.82) is 0 Å². The maximum absolute atomic E-state index is 13.7. The summed E-state index contributed by atoms with van der Waals surface area (Å²) in [7, 11) is 1.48. The average molecular weight is 366 g/mol. The van der Waals surface area contributed by atoms with E-state index < -0.39 is 0 Å². The summed E-state index contributed by atoms with van der Waals surface area (Å²) in [6.45, 7) is 0. The van der Waals surface area contributed by atoms with Gasteiger partial charge in [-0.05, 0) is 43.2 Å². The second-order valence-corrected chi connectivity index (χ2v) is 6.51. The zero-order valence-electron chi connectivity index (χ0n) is 14.9. The van der Waals surface area contributed by atoms with E-state index in [0.29, 0.717) is 22.8 Å². The van der Waals surface area contributed by atoms with Crippen molar-refractivity contribution >= 4 is 11.6 Å². The van der Waals surface area contributed by atoms with E-state index in [4.69, 9.17) is 4.74 Å². The Kier molecular flexibility index (Phi) is 4.58. The van der Waals surface area contributed by atoms with Crippen LogP contribution in [0.25, 0.3) is 17.1 Å². The van der Waals surface area contributed by atoms with Crippen LogP contribution < -0.4 is 10.1 Å². The minimum atomic E-state index is -0.359. The molecular formula is C20H19FN4O2. The number of nitrogens with one attached hydrogen (secondary N) is 1. The van der Waals surface area contributed by atoms with Gasteiger partial charge in [0.15, 0.2) is 5.82 Å². The summed E-state index contributed by atoms with van der Waals surface area (Å²) >= 11 is 0. The van der Waals surface area contributed by atoms with E-state index >= 15 is 0 Å². The van der Waals surface area contributed by atoms with Crippen LogP contribution in [0, 0.1) is 11.7 Å². The van der Waals surface area contributed by atoms with E-state index in [-0.39, 0.29) is 23.7 Å². The molecule has 1 fully saturated rings. The molecule has 6 nitrogen and oxygen atoms in total. The topological polar surface area (TPSA) is 69.0 Å². The van der Waals surface area contributed by atoms with E-state index in [1.54, 1.807) is 16.8 Å². The molecule has 0 aliphatic heterocycles. The Morgan fingerprint density at radius 2 is 2.04 bits per heavy atom. The van der Waals surface area contributed by atoms with Crippen molar-refractivity contribution in [3.63, 3.8) is 0 Å². The third-order valence-corrected chi connectivity index (χ3v) is 4.69. The highest BCUT2D eigenvalue weighted by Crippen LogP contribution is 2.29. The van der Waals surface area contributed by atoms with Gasteiger partial charge in [-0.25, -0.2) is 9.07 Å². The molecule has 1 heterocycles. The first-order valence-corrected chi connectivity index (χ1v) is 8.82. The molecule has 138 valence electrons. The van der Waals surface area contributed by atoms with Gasteiger partial charge in [0, 0.05) is 17.2 Å². The molecule has 0 spiro atoms. The van der Waals surface area contributed by atoms with Crippen molar-refractivity contribution < 1.29 is 13.9 Å². The molecule has 2 aromatic carbocycles. The van der Waals surface area contributed by atoms with Crippen LogP contribution in [0.1, 0.15) is 19.3 Å². The van der Waals surface area contributed by atoms with Gasteiger partial charge in [-0.15, -0.1) is 5.10 Å². The highest BCUT2D eigenvalue weighted by atomic mass is 19.1. The van der Waals surface area contributed by atoms with Gasteiger partial charge in [0.25, 0.3) is 0 Å². The van der Waals surface area contributed by atoms with E-state index in [2.05, 4.69) is 15.4 Å². The largest absolute Gasteiger partial charge is 0.466 e. The van der Waals surface area contributed by atoms with Gasteiger partial charge in [-0.2, -0.15) is 4.98 Å². The molecule has 0 bridgehead atoms. The fourth-order valence-electron chi connectivity index (χ4n) is 3.00. The number of anilines is 1. The minimum absolute atomic E-state index is 0.0416. The Morgan fingerprint density at radius 3 is 2.74 bits per heavy atom. The lowest BCUT2D eigenvalue weighted by molar-refractivity contribution is -0.122. The number of hydrogen-bond donors (Lipinski definition) is 1. The summed E-state index contributed by atoms with van der Waals surface area (Å²) < 4.78 is 20.4. The van der Waals surface area contributed by atoms with E-state index in [1.807, 2.05) is 24.3 Å². The Morgan fingerprint density at radius 1 is 1.22 bits per heavy atom. The SMILES string of the molecule is COc1nc(-c2cccc(F)c2)n(-c2cccc(NC(=O)C3CCC3)c2)n1. The second-order valence-electron chi connectivity index (χ2n) is 6.51. The van der Waals surface area contributed by atoms with Crippen molar-refractivity contribution in [2.75, 3.05) is 12.4 Å². The summed E-state index contributed by atoms with van der Waals surface area (Å²) in [6, 6.07) is 13.6. The fourth-order valence-corrected chi connectivity index (χ4v) is 3.00. The predicted molar refractivity (Wildman–Crippen MR) is 99.3 cm³/mol. The molecule has 1 aliphatic rings. The molecule has 3 aromatic rings. The number of halogens is 1. The number of hydrogen-bond acceptors (Lipinski definition) is 4. The summed E-state index contributed by atoms with van der Waals surface area (Å²) in [5.41, 5.74) is 1.95. The van der Waals surface area contributed by atoms with Crippen molar-refractivity contribution in [1.82, 2.24) is 14.8 Å². The lowest BCUT2D eigenvalue weighted by atomic mass is 9.85. The third-order valence-electron chi connectivity index (χ3n) is 4.69. The summed E-state index contributed by atoms with van der Waals surface area (Å²) in [6.07, 6.45) is 2.99. The van der Waals surface area contributed by atoms with Crippen LogP contribution in [-0.2, 0) is 4.79 Å². The number of nitrogens with zero attached hydrogens (tertiary/aromatic N) is 3. The maximum Gasteiger partial charge on any atom is 0.336 e. The van der Waals surface area contributed by atoms with Crippen LogP contribution in [0.2, 0.25) is 0 Å². The minimum Gasteiger partial charge on any atom is -0.466 e. The number of benzene rings is 2. The quantitative estimate of drug-likeness (QED) is 0.745. The molecular weight excluding hydrogens is 347 g/mol. The van der Waals surface area contributed by atoms with Crippen LogP contribution in [0.5, 0.6) is 6.01 Å². The highest BCUT2D eigenvalue weighted by Gasteiger charge is 2.25. The van der Waals surface area contributed by atoms with Crippen molar-refractivity contribution in [2.24, 2.45) is 5.92 Å². The van der Waals surface area contributed by atoms with Crippen molar-refractivity contribution in [3.05, 3.63) is 54.3 Å². The van der Waals surface area contributed by atoms with E-state index in [1.165, 1.54) is 19.2 Å². The van der Waals surface area contributed by atoms with Gasteiger partial charge >= 0.3 is 6.01 Å². The van der Waals surface area contributed by atoms with Crippen molar-refractivity contribution in [3.8, 4) is 23.1 Å². The first-order chi connectivity index (χ1) is 13.1. The third kappa shape index (κ3) is 3.53. The Labute approximate surface area is 156 Å². The molecule has 1 saturated carbocycles. The second kappa shape index (κ2) is 7.19. The first-order valence-electron chi connectivity index (χ1n) is 8.82. The molecule has 0 saturated heterocycles. The van der Waals surface area contributed by atoms with Gasteiger partial charge in [-0.3, -0.25) is 4.79 Å². The van der Waals surface area contributed by atoms with Gasteiger partial charge in [0.2, 0.25) is 5.91 Å². The summed E-state index contributed by atoms with van der Waals surface area (Å²) in [4.78, 5) is 16.5. The van der Waals surface area contributed by atoms with Crippen LogP contribution in [-0.4, -0.2) is 27.8 Å². The number of amides is 1. The van der Waals surface area contributed by atoms with E-state index in [9.17, 15) is 9.18 Å². The number of rotatable bonds is 5. The van der Waals surface area contributed by atoms with Gasteiger partial charge < -0.3 is 10.1 Å². The van der Waals surface area contributed by atoms with Gasteiger partial charge in [-0.1, -0.05) is 24.6 Å². The Balaban J connectivity index is 1.69. The van der Waals surface area contributed by atoms with Crippen LogP contribution in [0.4, 0.5) is 10.1 Å².